The number of rotatable bonds is 9. The number of unbranched alkanes of at least 4 members (excludes halogenated alkanes) is 2. The Hall–Kier alpha value is -3.32. The van der Waals surface area contributed by atoms with Crippen LogP contribution in [0.25, 0.3) is 11.3 Å². The Morgan fingerprint density at radius 1 is 1.21 bits per heavy atom. The number of nitrogens with zero attached hydrogens (tertiary/aromatic N) is 2. The zero-order chi connectivity index (χ0) is 23.5. The number of ether oxygens (including phenoxy) is 2. The van der Waals surface area contributed by atoms with Crippen molar-refractivity contribution >= 4 is 5.91 Å². The summed E-state index contributed by atoms with van der Waals surface area (Å²) in [4.78, 5) is 15.4. The van der Waals surface area contributed by atoms with Crippen molar-refractivity contribution in [3.63, 3.8) is 0 Å². The molecule has 1 fully saturated rings. The fourth-order valence-corrected chi connectivity index (χ4v) is 4.93. The number of hydrogen-bond donors (Lipinski definition) is 2. The molecule has 0 radical (unpaired) electrons. The molecule has 1 amide bonds. The van der Waals surface area contributed by atoms with Crippen molar-refractivity contribution in [3.05, 3.63) is 65.4 Å². The maximum atomic E-state index is 13.5. The van der Waals surface area contributed by atoms with Crippen LogP contribution in [0.2, 0.25) is 0 Å². The largest absolute Gasteiger partial charge is 0.507 e. The minimum atomic E-state index is -0.348. The van der Waals surface area contributed by atoms with Gasteiger partial charge in [0.2, 0.25) is 0 Å². The molecule has 178 valence electrons. The molecule has 2 aromatic carbocycles. The van der Waals surface area contributed by atoms with Crippen LogP contribution in [0.1, 0.15) is 66.7 Å². The van der Waals surface area contributed by atoms with Gasteiger partial charge in [-0.25, -0.2) is 0 Å². The summed E-state index contributed by atoms with van der Waals surface area (Å²) in [5.41, 5.74) is 3.40. The van der Waals surface area contributed by atoms with Crippen LogP contribution in [0, 0.1) is 0 Å². The molecule has 0 bridgehead atoms. The fraction of sp³-hybridized carbons (Fsp3) is 0.407. The number of phenols is 1. The van der Waals surface area contributed by atoms with Gasteiger partial charge in [0.25, 0.3) is 5.91 Å². The van der Waals surface area contributed by atoms with Crippen LogP contribution in [0.3, 0.4) is 0 Å². The van der Waals surface area contributed by atoms with Crippen molar-refractivity contribution in [1.82, 2.24) is 15.1 Å². The highest BCUT2D eigenvalue weighted by Gasteiger charge is 2.43. The van der Waals surface area contributed by atoms with E-state index in [-0.39, 0.29) is 23.8 Å². The number of aromatic hydroxyl groups is 1. The molecule has 1 aromatic heterocycles. The van der Waals surface area contributed by atoms with Gasteiger partial charge in [0.1, 0.15) is 22.9 Å². The van der Waals surface area contributed by atoms with Crippen molar-refractivity contribution in [2.45, 2.75) is 51.2 Å². The number of aromatic amines is 1. The first-order chi connectivity index (χ1) is 16.7. The zero-order valence-electron chi connectivity index (χ0n) is 19.5. The van der Waals surface area contributed by atoms with Crippen LogP contribution in [0.5, 0.6) is 11.5 Å². The van der Waals surface area contributed by atoms with Crippen LogP contribution in [0.15, 0.2) is 48.5 Å². The topological polar surface area (TPSA) is 87.7 Å². The lowest BCUT2D eigenvalue weighted by Gasteiger charge is -2.28. The van der Waals surface area contributed by atoms with E-state index in [1.165, 1.54) is 0 Å². The average molecular weight is 462 g/mol. The van der Waals surface area contributed by atoms with Crippen molar-refractivity contribution in [1.29, 1.82) is 0 Å². The maximum absolute atomic E-state index is 13.5. The number of carbonyl (C=O) groups is 1. The molecule has 2 aliphatic heterocycles. The number of hydrogen-bond acceptors (Lipinski definition) is 5. The van der Waals surface area contributed by atoms with Crippen molar-refractivity contribution in [2.75, 3.05) is 19.8 Å². The minimum Gasteiger partial charge on any atom is -0.507 e. The summed E-state index contributed by atoms with van der Waals surface area (Å²) in [5, 5.41) is 17.9. The summed E-state index contributed by atoms with van der Waals surface area (Å²) in [5.74, 6) is 0.826. The molecule has 2 atom stereocenters. The number of phenolic OH excluding ortho intramolecular Hbond substituents is 1. The average Bonchev–Trinajstić information content (AvgIpc) is 3.57. The van der Waals surface area contributed by atoms with E-state index in [4.69, 9.17) is 9.47 Å². The van der Waals surface area contributed by atoms with Gasteiger partial charge in [0.05, 0.1) is 18.8 Å². The van der Waals surface area contributed by atoms with Crippen LogP contribution >= 0.6 is 0 Å². The van der Waals surface area contributed by atoms with E-state index in [1.54, 1.807) is 12.1 Å². The van der Waals surface area contributed by atoms with Gasteiger partial charge in [-0.05, 0) is 49.1 Å². The Bertz CT molecular complexity index is 1150. The minimum absolute atomic E-state index is 0.0190. The molecule has 34 heavy (non-hydrogen) atoms. The van der Waals surface area contributed by atoms with E-state index in [0.717, 1.165) is 55.6 Å². The summed E-state index contributed by atoms with van der Waals surface area (Å²) in [6, 6.07) is 14.7. The monoisotopic (exact) mass is 461 g/mol. The highest BCUT2D eigenvalue weighted by molar-refractivity contribution is 6.00. The molecular weight excluding hydrogens is 430 g/mol. The highest BCUT2D eigenvalue weighted by atomic mass is 16.5. The fourth-order valence-electron chi connectivity index (χ4n) is 4.93. The lowest BCUT2D eigenvalue weighted by atomic mass is 9.95. The normalized spacial score (nSPS) is 19.6. The number of carbonyl (C=O) groups excluding carboxylic acids is 1. The van der Waals surface area contributed by atoms with Gasteiger partial charge in [-0.15, -0.1) is 0 Å². The van der Waals surface area contributed by atoms with E-state index in [9.17, 15) is 9.90 Å². The molecule has 5 rings (SSSR count). The third-order valence-corrected chi connectivity index (χ3v) is 6.64. The van der Waals surface area contributed by atoms with E-state index < -0.39 is 0 Å². The van der Waals surface area contributed by atoms with Gasteiger partial charge in [-0.1, -0.05) is 44.0 Å². The third kappa shape index (κ3) is 4.28. The summed E-state index contributed by atoms with van der Waals surface area (Å²) >= 11 is 0. The predicted octanol–water partition coefficient (Wildman–Crippen LogP) is 5.08. The Morgan fingerprint density at radius 2 is 2.09 bits per heavy atom. The Morgan fingerprint density at radius 3 is 2.88 bits per heavy atom. The molecule has 1 saturated heterocycles. The number of H-pyrrole nitrogens is 1. The maximum Gasteiger partial charge on any atom is 0.273 e. The summed E-state index contributed by atoms with van der Waals surface area (Å²) < 4.78 is 11.9. The molecule has 0 aliphatic carbocycles. The Labute approximate surface area is 199 Å². The van der Waals surface area contributed by atoms with E-state index >= 15 is 0 Å². The first-order valence-corrected chi connectivity index (χ1v) is 12.2. The molecule has 0 saturated carbocycles. The van der Waals surface area contributed by atoms with Crippen molar-refractivity contribution in [2.24, 2.45) is 0 Å². The third-order valence-electron chi connectivity index (χ3n) is 6.64. The lowest BCUT2D eigenvalue weighted by molar-refractivity contribution is 0.0495. The molecule has 7 nitrogen and oxygen atoms in total. The Kier molecular flexibility index (Phi) is 6.54. The Balaban J connectivity index is 1.54. The van der Waals surface area contributed by atoms with Crippen LogP contribution in [-0.4, -0.2) is 52.0 Å². The molecule has 2 aliphatic rings. The number of aromatic nitrogens is 2. The first kappa shape index (κ1) is 22.5. The number of amides is 1. The van der Waals surface area contributed by atoms with Gasteiger partial charge in [-0.3, -0.25) is 9.89 Å². The van der Waals surface area contributed by atoms with Crippen LogP contribution in [0.4, 0.5) is 0 Å². The molecule has 2 N–H and O–H groups in total. The molecule has 0 spiro atoms. The predicted molar refractivity (Wildman–Crippen MR) is 129 cm³/mol. The van der Waals surface area contributed by atoms with Crippen molar-refractivity contribution < 1.29 is 19.4 Å². The number of fused-ring (bicyclic) bond motifs is 1. The second kappa shape index (κ2) is 9.89. The quantitative estimate of drug-likeness (QED) is 0.434. The highest BCUT2D eigenvalue weighted by Crippen LogP contribution is 2.45. The van der Waals surface area contributed by atoms with Gasteiger partial charge in [-0.2, -0.15) is 5.10 Å². The summed E-state index contributed by atoms with van der Waals surface area (Å²) in [6.07, 6.45) is 5.25. The zero-order valence-corrected chi connectivity index (χ0v) is 19.5. The SMILES string of the molecule is CCCCCOc1cccc([C@@H]2c3c(-c4ccccc4O)n[nH]c3C(=O)N2C[C@@H]2CCCO2)c1. The number of nitrogens with one attached hydrogen (secondary N) is 1. The summed E-state index contributed by atoms with van der Waals surface area (Å²) in [6.45, 7) is 4.08. The molecule has 7 heteroatoms. The van der Waals surface area contributed by atoms with Gasteiger partial charge in [0.15, 0.2) is 0 Å². The van der Waals surface area contributed by atoms with Gasteiger partial charge < -0.3 is 19.5 Å². The van der Waals surface area contributed by atoms with Crippen LogP contribution in [-0.2, 0) is 4.74 Å². The van der Waals surface area contributed by atoms with Crippen LogP contribution < -0.4 is 4.74 Å². The smallest absolute Gasteiger partial charge is 0.273 e. The molecular formula is C27H31N3O4. The molecule has 0 unspecified atom stereocenters. The second-order valence-corrected chi connectivity index (χ2v) is 9.00. The van der Waals surface area contributed by atoms with E-state index in [2.05, 4.69) is 17.1 Å². The standard InChI is InChI=1S/C27H31N3O4/c1-2-3-6-14-33-19-10-7-9-18(16-19)26-23-24(21-12-4-5-13-22(21)31)28-29-25(23)27(32)30(26)17-20-11-8-15-34-20/h4-5,7,9-10,12-13,16,20,26,31H,2-3,6,8,11,14-15,17H2,1H3,(H,28,29)/t20-,26+/m0/s1. The van der Waals surface area contributed by atoms with Gasteiger partial charge >= 0.3 is 0 Å². The number of para-hydroxylation sites is 1. The molecule has 3 heterocycles. The van der Waals surface area contributed by atoms with E-state index in [0.29, 0.717) is 30.1 Å². The first-order valence-electron chi connectivity index (χ1n) is 12.2. The lowest BCUT2D eigenvalue weighted by Crippen LogP contribution is -2.36. The van der Waals surface area contributed by atoms with Gasteiger partial charge in [0, 0.05) is 24.3 Å². The van der Waals surface area contributed by atoms with E-state index in [1.807, 2.05) is 41.3 Å². The molecule has 3 aromatic rings. The van der Waals surface area contributed by atoms with Crippen molar-refractivity contribution in [3.8, 4) is 22.8 Å². The number of benzene rings is 2. The summed E-state index contributed by atoms with van der Waals surface area (Å²) in [7, 11) is 0. The second-order valence-electron chi connectivity index (χ2n) is 9.00.